The second-order valence-electron chi connectivity index (χ2n) is 5.11. The molecule has 0 fully saturated rings. The molecule has 116 valence electrons. The second-order valence-corrected chi connectivity index (χ2v) is 6.78. The fraction of sp³-hybridized carbons (Fsp3) is 0.615. The van der Waals surface area contributed by atoms with Crippen molar-refractivity contribution in [1.82, 2.24) is 29.6 Å². The first-order valence-electron chi connectivity index (χ1n) is 7.00. The van der Waals surface area contributed by atoms with E-state index in [-0.39, 0.29) is 6.04 Å². The molecule has 0 spiro atoms. The van der Waals surface area contributed by atoms with E-state index in [4.69, 9.17) is 0 Å². The van der Waals surface area contributed by atoms with Gasteiger partial charge in [-0.05, 0) is 54.5 Å². The third kappa shape index (κ3) is 4.32. The van der Waals surface area contributed by atoms with E-state index in [2.05, 4.69) is 66.5 Å². The first-order chi connectivity index (χ1) is 10.1. The minimum absolute atomic E-state index is 0.0731. The summed E-state index contributed by atoms with van der Waals surface area (Å²) in [6.45, 7) is 4.90. The van der Waals surface area contributed by atoms with E-state index in [9.17, 15) is 0 Å². The molecule has 2 aromatic heterocycles. The number of hydrogen-bond donors (Lipinski definition) is 1. The molecule has 0 aromatic carbocycles. The predicted octanol–water partition coefficient (Wildman–Crippen LogP) is 2.15. The van der Waals surface area contributed by atoms with E-state index in [1.165, 1.54) is 11.5 Å². The molecule has 0 aliphatic rings. The normalized spacial score (nSPS) is 13.0. The molecule has 1 atom stereocenters. The molecule has 8 heteroatoms. The van der Waals surface area contributed by atoms with Crippen molar-refractivity contribution in [3.63, 3.8) is 0 Å². The third-order valence-corrected chi connectivity index (χ3v) is 4.47. The van der Waals surface area contributed by atoms with Gasteiger partial charge in [-0.15, -0.1) is 5.10 Å². The third-order valence-electron chi connectivity index (χ3n) is 3.13. The molecule has 2 heterocycles. The van der Waals surface area contributed by atoms with Gasteiger partial charge in [-0.3, -0.25) is 4.68 Å². The SMILES string of the molecule is CCCNC(c1cnns1)c1c(Br)cnn1CCN(C)C. The van der Waals surface area contributed by atoms with Gasteiger partial charge < -0.3 is 10.2 Å². The summed E-state index contributed by atoms with van der Waals surface area (Å²) in [5, 5.41) is 12.0. The predicted molar refractivity (Wildman–Crippen MR) is 88.5 cm³/mol. The number of likely N-dealkylation sites (N-methyl/N-ethyl adjacent to an activating group) is 1. The van der Waals surface area contributed by atoms with Gasteiger partial charge in [-0.1, -0.05) is 11.4 Å². The number of nitrogens with zero attached hydrogens (tertiary/aromatic N) is 5. The molecule has 0 radical (unpaired) electrons. The van der Waals surface area contributed by atoms with E-state index < -0.39 is 0 Å². The van der Waals surface area contributed by atoms with Crippen LogP contribution in [0.25, 0.3) is 0 Å². The lowest BCUT2D eigenvalue weighted by molar-refractivity contribution is 0.365. The van der Waals surface area contributed by atoms with Crippen molar-refractivity contribution < 1.29 is 0 Å². The summed E-state index contributed by atoms with van der Waals surface area (Å²) in [4.78, 5) is 3.26. The Hall–Kier alpha value is -0.830. The maximum Gasteiger partial charge on any atom is 0.0885 e. The first kappa shape index (κ1) is 16.5. The molecule has 0 saturated carbocycles. The lowest BCUT2D eigenvalue weighted by Crippen LogP contribution is -2.27. The topological polar surface area (TPSA) is 58.9 Å². The van der Waals surface area contributed by atoms with Crippen LogP contribution in [-0.2, 0) is 6.54 Å². The highest BCUT2D eigenvalue weighted by Gasteiger charge is 2.23. The van der Waals surface area contributed by atoms with Crippen molar-refractivity contribution in [1.29, 1.82) is 0 Å². The van der Waals surface area contributed by atoms with Crippen molar-refractivity contribution >= 4 is 27.5 Å². The van der Waals surface area contributed by atoms with Gasteiger partial charge in [0.25, 0.3) is 0 Å². The maximum absolute atomic E-state index is 4.49. The Morgan fingerprint density at radius 1 is 1.43 bits per heavy atom. The van der Waals surface area contributed by atoms with Crippen molar-refractivity contribution in [2.45, 2.75) is 25.9 Å². The Labute approximate surface area is 137 Å². The molecule has 21 heavy (non-hydrogen) atoms. The minimum atomic E-state index is 0.0731. The smallest absolute Gasteiger partial charge is 0.0885 e. The van der Waals surface area contributed by atoms with Crippen LogP contribution < -0.4 is 5.32 Å². The van der Waals surface area contributed by atoms with Gasteiger partial charge in [-0.25, -0.2) is 0 Å². The largest absolute Gasteiger partial charge is 0.308 e. The fourth-order valence-electron chi connectivity index (χ4n) is 2.05. The van der Waals surface area contributed by atoms with Crippen LogP contribution in [0.3, 0.4) is 0 Å². The van der Waals surface area contributed by atoms with Crippen LogP contribution in [0.2, 0.25) is 0 Å². The van der Waals surface area contributed by atoms with Gasteiger partial charge in [0.05, 0.1) is 40.0 Å². The number of hydrogen-bond acceptors (Lipinski definition) is 6. The Morgan fingerprint density at radius 3 is 2.86 bits per heavy atom. The van der Waals surface area contributed by atoms with E-state index in [0.29, 0.717) is 0 Å². The average molecular weight is 373 g/mol. The molecule has 0 aliphatic heterocycles. The van der Waals surface area contributed by atoms with Gasteiger partial charge in [0.1, 0.15) is 0 Å². The summed E-state index contributed by atoms with van der Waals surface area (Å²) >= 11 is 5.05. The zero-order chi connectivity index (χ0) is 15.2. The molecule has 6 nitrogen and oxygen atoms in total. The van der Waals surface area contributed by atoms with Crippen LogP contribution in [0.5, 0.6) is 0 Å². The Kier molecular flexibility index (Phi) is 6.28. The van der Waals surface area contributed by atoms with E-state index in [1.54, 1.807) is 0 Å². The highest BCUT2D eigenvalue weighted by atomic mass is 79.9. The van der Waals surface area contributed by atoms with Crippen molar-refractivity contribution in [3.05, 3.63) is 27.4 Å². The van der Waals surface area contributed by atoms with Crippen LogP contribution in [0.4, 0.5) is 0 Å². The monoisotopic (exact) mass is 372 g/mol. The van der Waals surface area contributed by atoms with Gasteiger partial charge in [0, 0.05) is 6.54 Å². The highest BCUT2D eigenvalue weighted by molar-refractivity contribution is 9.10. The number of rotatable bonds is 8. The summed E-state index contributed by atoms with van der Waals surface area (Å²) < 4.78 is 7.06. The Bertz CT molecular complexity index is 539. The molecule has 1 N–H and O–H groups in total. The second kappa shape index (κ2) is 7.98. The Morgan fingerprint density at radius 2 is 2.24 bits per heavy atom. The van der Waals surface area contributed by atoms with Crippen molar-refractivity contribution in [3.8, 4) is 0 Å². The van der Waals surface area contributed by atoms with E-state index in [1.807, 2.05) is 12.4 Å². The summed E-state index contributed by atoms with van der Waals surface area (Å²) in [7, 11) is 4.14. The summed E-state index contributed by atoms with van der Waals surface area (Å²) in [5.41, 5.74) is 1.14. The van der Waals surface area contributed by atoms with Gasteiger partial charge in [-0.2, -0.15) is 5.10 Å². The molecule has 2 rings (SSSR count). The van der Waals surface area contributed by atoms with E-state index in [0.717, 1.165) is 41.1 Å². The number of aromatic nitrogens is 4. The van der Waals surface area contributed by atoms with Crippen LogP contribution in [0, 0.1) is 0 Å². The zero-order valence-corrected chi connectivity index (χ0v) is 15.0. The minimum Gasteiger partial charge on any atom is -0.308 e. The van der Waals surface area contributed by atoms with Gasteiger partial charge in [0.2, 0.25) is 0 Å². The quantitative estimate of drug-likeness (QED) is 0.769. The molecule has 2 aromatic rings. The molecular formula is C13H21BrN6S. The zero-order valence-electron chi connectivity index (χ0n) is 12.6. The summed E-state index contributed by atoms with van der Waals surface area (Å²) in [5.74, 6) is 0. The van der Waals surface area contributed by atoms with Gasteiger partial charge >= 0.3 is 0 Å². The van der Waals surface area contributed by atoms with Crippen LogP contribution >= 0.6 is 27.5 Å². The fourth-order valence-corrected chi connectivity index (χ4v) is 3.16. The molecule has 0 aliphatic carbocycles. The molecule has 0 saturated heterocycles. The van der Waals surface area contributed by atoms with Crippen LogP contribution in [0.1, 0.15) is 30.0 Å². The molecular weight excluding hydrogens is 352 g/mol. The standard InChI is InChI=1S/C13H21BrN6S/c1-4-5-15-12(11-9-16-18-21-11)13-10(14)8-17-20(13)7-6-19(2)3/h8-9,12,15H,4-7H2,1-3H3. The first-order valence-corrected chi connectivity index (χ1v) is 8.56. The molecule has 1 unspecified atom stereocenters. The summed E-state index contributed by atoms with van der Waals surface area (Å²) in [6.07, 6.45) is 4.76. The number of halogens is 1. The van der Waals surface area contributed by atoms with E-state index >= 15 is 0 Å². The summed E-state index contributed by atoms with van der Waals surface area (Å²) in [6, 6.07) is 0.0731. The van der Waals surface area contributed by atoms with Crippen LogP contribution in [0.15, 0.2) is 16.9 Å². The molecule has 0 bridgehead atoms. The number of nitrogens with one attached hydrogen (secondary N) is 1. The maximum atomic E-state index is 4.49. The van der Waals surface area contributed by atoms with Crippen molar-refractivity contribution in [2.75, 3.05) is 27.2 Å². The Balaban J connectivity index is 2.28. The lowest BCUT2D eigenvalue weighted by atomic mass is 10.1. The van der Waals surface area contributed by atoms with Crippen molar-refractivity contribution in [2.24, 2.45) is 0 Å². The van der Waals surface area contributed by atoms with Gasteiger partial charge in [0.15, 0.2) is 0 Å². The van der Waals surface area contributed by atoms with Crippen LogP contribution in [-0.4, -0.2) is 51.5 Å². The highest BCUT2D eigenvalue weighted by Crippen LogP contribution is 2.29. The average Bonchev–Trinajstić information content (AvgIpc) is 3.09. The molecule has 0 amide bonds. The lowest BCUT2D eigenvalue weighted by Gasteiger charge is -2.20.